The van der Waals surface area contributed by atoms with Crippen molar-refractivity contribution in [3.05, 3.63) is 47.4 Å². The van der Waals surface area contributed by atoms with E-state index in [4.69, 9.17) is 14.6 Å². The van der Waals surface area contributed by atoms with Gasteiger partial charge in [0.2, 0.25) is 5.57 Å². The molecule has 1 spiro atoms. The first-order chi connectivity index (χ1) is 12.4. The number of aliphatic hydroxyl groups is 1. The standard InChI is InChI=1S/C18H19NO7/c20-13(21)10-19-15(22)14-16(23)25-18(26-17(14)24)8-6-12(7-9-18)11-4-2-1-3-5-11/h1-5,12,23H,6-10H2,(H,19,22)(H,20,21). The minimum atomic E-state index is -1.29. The largest absolute Gasteiger partial charge is 0.480 e. The Balaban J connectivity index is 1.68. The predicted molar refractivity (Wildman–Crippen MR) is 87.9 cm³/mol. The molecule has 1 amide bonds. The molecule has 0 bridgehead atoms. The Bertz CT molecular complexity index is 748. The number of benzene rings is 1. The van der Waals surface area contributed by atoms with E-state index in [9.17, 15) is 19.5 Å². The van der Waals surface area contributed by atoms with E-state index in [0.717, 1.165) is 0 Å². The van der Waals surface area contributed by atoms with Crippen molar-refractivity contribution in [2.75, 3.05) is 6.54 Å². The minimum absolute atomic E-state index is 0.301. The van der Waals surface area contributed by atoms with E-state index in [0.29, 0.717) is 31.6 Å². The fourth-order valence-corrected chi connectivity index (χ4v) is 3.31. The summed E-state index contributed by atoms with van der Waals surface area (Å²) in [4.78, 5) is 34.5. The maximum Gasteiger partial charge on any atom is 0.354 e. The second-order valence-corrected chi connectivity index (χ2v) is 6.34. The molecule has 8 nitrogen and oxygen atoms in total. The van der Waals surface area contributed by atoms with Crippen molar-refractivity contribution in [1.29, 1.82) is 0 Å². The summed E-state index contributed by atoms with van der Waals surface area (Å²) >= 11 is 0. The molecule has 1 saturated carbocycles. The van der Waals surface area contributed by atoms with E-state index in [1.165, 1.54) is 5.56 Å². The van der Waals surface area contributed by atoms with Crippen LogP contribution in [-0.4, -0.2) is 40.4 Å². The quantitative estimate of drug-likeness (QED) is 0.550. The fourth-order valence-electron chi connectivity index (χ4n) is 3.31. The second-order valence-electron chi connectivity index (χ2n) is 6.34. The molecule has 1 fully saturated rings. The lowest BCUT2D eigenvalue weighted by Gasteiger charge is -2.41. The van der Waals surface area contributed by atoms with E-state index in [-0.39, 0.29) is 0 Å². The number of aliphatic carboxylic acids is 1. The van der Waals surface area contributed by atoms with Crippen molar-refractivity contribution in [3.8, 4) is 0 Å². The van der Waals surface area contributed by atoms with Gasteiger partial charge in [-0.1, -0.05) is 30.3 Å². The number of ether oxygens (including phenoxy) is 2. The van der Waals surface area contributed by atoms with Crippen LogP contribution in [0, 0.1) is 0 Å². The van der Waals surface area contributed by atoms with E-state index >= 15 is 0 Å². The summed E-state index contributed by atoms with van der Waals surface area (Å²) in [6, 6.07) is 9.96. The molecule has 3 rings (SSSR count). The highest BCUT2D eigenvalue weighted by atomic mass is 16.8. The Kier molecular flexibility index (Phi) is 4.83. The molecule has 8 heteroatoms. The van der Waals surface area contributed by atoms with Crippen LogP contribution < -0.4 is 5.32 Å². The third-order valence-corrected chi connectivity index (χ3v) is 4.62. The fraction of sp³-hybridized carbons (Fsp3) is 0.389. The van der Waals surface area contributed by atoms with E-state index in [2.05, 4.69) is 0 Å². The van der Waals surface area contributed by atoms with Crippen LogP contribution in [0.15, 0.2) is 41.9 Å². The Labute approximate surface area is 149 Å². The van der Waals surface area contributed by atoms with Gasteiger partial charge in [0.15, 0.2) is 0 Å². The van der Waals surface area contributed by atoms with Crippen LogP contribution in [0.1, 0.15) is 37.2 Å². The summed E-state index contributed by atoms with van der Waals surface area (Å²) in [5, 5.41) is 20.6. The number of carboxylic acid groups (broad SMARTS) is 1. The average Bonchev–Trinajstić information content (AvgIpc) is 2.60. The third-order valence-electron chi connectivity index (χ3n) is 4.62. The van der Waals surface area contributed by atoms with Gasteiger partial charge in [0.1, 0.15) is 6.54 Å². The number of aliphatic hydroxyl groups excluding tert-OH is 1. The monoisotopic (exact) mass is 361 g/mol. The first-order valence-electron chi connectivity index (χ1n) is 8.31. The Morgan fingerprint density at radius 3 is 2.38 bits per heavy atom. The van der Waals surface area contributed by atoms with E-state index < -0.39 is 41.7 Å². The molecule has 138 valence electrons. The highest BCUT2D eigenvalue weighted by Gasteiger charge is 2.48. The van der Waals surface area contributed by atoms with Gasteiger partial charge in [-0.15, -0.1) is 0 Å². The zero-order valence-electron chi connectivity index (χ0n) is 13.9. The van der Waals surface area contributed by atoms with E-state index in [1.807, 2.05) is 35.6 Å². The van der Waals surface area contributed by atoms with Crippen molar-refractivity contribution >= 4 is 17.8 Å². The Hall–Kier alpha value is -3.03. The van der Waals surface area contributed by atoms with Crippen molar-refractivity contribution < 1.29 is 34.1 Å². The first-order valence-corrected chi connectivity index (χ1v) is 8.31. The lowest BCUT2D eigenvalue weighted by Crippen LogP contribution is -2.47. The van der Waals surface area contributed by atoms with Crippen LogP contribution in [0.2, 0.25) is 0 Å². The summed E-state index contributed by atoms with van der Waals surface area (Å²) in [5.41, 5.74) is 0.472. The van der Waals surface area contributed by atoms with Crippen molar-refractivity contribution in [2.24, 2.45) is 0 Å². The molecule has 1 aromatic rings. The molecule has 1 aliphatic heterocycles. The smallest absolute Gasteiger partial charge is 0.354 e. The van der Waals surface area contributed by atoms with Crippen molar-refractivity contribution in [1.82, 2.24) is 5.32 Å². The van der Waals surface area contributed by atoms with Gasteiger partial charge in [0, 0.05) is 12.8 Å². The van der Waals surface area contributed by atoms with Gasteiger partial charge in [-0.05, 0) is 24.3 Å². The number of hydrogen-bond acceptors (Lipinski definition) is 6. The average molecular weight is 361 g/mol. The van der Waals surface area contributed by atoms with Gasteiger partial charge in [-0.2, -0.15) is 0 Å². The second kappa shape index (κ2) is 7.07. The molecular formula is C18H19NO7. The van der Waals surface area contributed by atoms with Gasteiger partial charge in [0.25, 0.3) is 11.7 Å². The van der Waals surface area contributed by atoms with Crippen molar-refractivity contribution in [2.45, 2.75) is 37.4 Å². The number of rotatable bonds is 4. The number of carbonyl (C=O) groups excluding carboxylic acids is 2. The highest BCUT2D eigenvalue weighted by molar-refractivity contribution is 6.17. The molecule has 26 heavy (non-hydrogen) atoms. The number of hydrogen-bond donors (Lipinski definition) is 3. The molecular weight excluding hydrogens is 342 g/mol. The van der Waals surface area contributed by atoms with Crippen LogP contribution in [0.4, 0.5) is 0 Å². The molecule has 0 radical (unpaired) electrons. The van der Waals surface area contributed by atoms with Crippen LogP contribution in [-0.2, 0) is 23.9 Å². The minimum Gasteiger partial charge on any atom is -0.480 e. The zero-order valence-corrected chi connectivity index (χ0v) is 13.9. The molecule has 0 atom stereocenters. The van der Waals surface area contributed by atoms with Crippen LogP contribution >= 0.6 is 0 Å². The molecule has 0 aromatic heterocycles. The lowest BCUT2D eigenvalue weighted by atomic mass is 9.80. The van der Waals surface area contributed by atoms with Crippen LogP contribution in [0.5, 0.6) is 0 Å². The molecule has 1 aliphatic carbocycles. The molecule has 1 heterocycles. The molecule has 2 aliphatic rings. The Morgan fingerprint density at radius 2 is 1.81 bits per heavy atom. The van der Waals surface area contributed by atoms with Gasteiger partial charge >= 0.3 is 17.9 Å². The third kappa shape index (κ3) is 3.63. The predicted octanol–water partition coefficient (Wildman–Crippen LogP) is 1.58. The Morgan fingerprint density at radius 1 is 1.15 bits per heavy atom. The maximum atomic E-state index is 12.2. The van der Waals surface area contributed by atoms with Gasteiger partial charge in [0.05, 0.1) is 0 Å². The topological polar surface area (TPSA) is 122 Å². The number of nitrogens with one attached hydrogen (secondary N) is 1. The summed E-state index contributed by atoms with van der Waals surface area (Å²) in [6.07, 6.45) is 2.16. The maximum absolute atomic E-state index is 12.2. The molecule has 3 N–H and O–H groups in total. The van der Waals surface area contributed by atoms with Crippen molar-refractivity contribution in [3.63, 3.8) is 0 Å². The molecule has 1 aromatic carbocycles. The number of esters is 1. The van der Waals surface area contributed by atoms with Gasteiger partial charge < -0.3 is 25.0 Å². The zero-order chi connectivity index (χ0) is 18.7. The number of carboxylic acids is 1. The highest BCUT2D eigenvalue weighted by Crippen LogP contribution is 2.43. The normalized spacial score (nSPS) is 25.4. The van der Waals surface area contributed by atoms with Gasteiger partial charge in [-0.3, -0.25) is 9.59 Å². The van der Waals surface area contributed by atoms with E-state index in [1.54, 1.807) is 0 Å². The van der Waals surface area contributed by atoms with Crippen LogP contribution in [0.3, 0.4) is 0 Å². The molecule has 0 unspecified atom stereocenters. The summed E-state index contributed by atoms with van der Waals surface area (Å²) in [5.74, 6) is -5.17. The summed E-state index contributed by atoms with van der Waals surface area (Å²) in [7, 11) is 0. The first kappa shape index (κ1) is 17.8. The molecule has 0 saturated heterocycles. The summed E-state index contributed by atoms with van der Waals surface area (Å²) in [6.45, 7) is -0.688. The lowest BCUT2D eigenvalue weighted by molar-refractivity contribution is -0.250. The SMILES string of the molecule is O=C(O)CNC(=O)C1=C(O)OC2(CCC(c3ccccc3)CC2)OC1=O. The summed E-state index contributed by atoms with van der Waals surface area (Å²) < 4.78 is 10.7. The number of amides is 1. The van der Waals surface area contributed by atoms with Gasteiger partial charge in [-0.25, -0.2) is 4.79 Å². The number of carbonyl (C=O) groups is 3. The van der Waals surface area contributed by atoms with Crippen LogP contribution in [0.25, 0.3) is 0 Å².